The summed E-state index contributed by atoms with van der Waals surface area (Å²) in [6.45, 7) is 1.21. The van der Waals surface area contributed by atoms with E-state index < -0.39 is 29.8 Å². The maximum Gasteiger partial charge on any atom is 0.418 e. The third-order valence-corrected chi connectivity index (χ3v) is 4.48. The molecule has 4 aromatic rings. The largest absolute Gasteiger partial charge is 0.418 e. The van der Waals surface area contributed by atoms with Crippen LogP contribution in [-0.2, 0) is 17.5 Å². The summed E-state index contributed by atoms with van der Waals surface area (Å²) in [5, 5.41) is 10.0. The third-order valence-electron chi connectivity index (χ3n) is 4.48. The average Bonchev–Trinajstić information content (AvgIpc) is 3.07. The Morgan fingerprint density at radius 2 is 1.69 bits per heavy atom. The number of carbonyl (C=O) groups is 1. The van der Waals surface area contributed by atoms with Crippen LogP contribution in [0.3, 0.4) is 0 Å². The van der Waals surface area contributed by atoms with Crippen molar-refractivity contribution in [1.29, 1.82) is 0 Å². The molecule has 0 saturated carbocycles. The molecule has 0 radical (unpaired) electrons. The first-order valence-electron chi connectivity index (χ1n) is 8.56. The van der Waals surface area contributed by atoms with Gasteiger partial charge < -0.3 is 5.32 Å². The number of nitrogens with zero attached hydrogens (tertiary/aromatic N) is 4. The minimum absolute atomic E-state index is 0.0321. The smallest absolute Gasteiger partial charge is 0.324 e. The highest BCUT2D eigenvalue weighted by molar-refractivity contribution is 5.92. The maximum absolute atomic E-state index is 13.2. The second-order valence-electron chi connectivity index (χ2n) is 6.38. The van der Waals surface area contributed by atoms with E-state index >= 15 is 0 Å². The number of halogens is 3. The molecule has 1 amide bonds. The number of rotatable bonds is 3. The van der Waals surface area contributed by atoms with Crippen molar-refractivity contribution in [2.45, 2.75) is 19.6 Å². The summed E-state index contributed by atoms with van der Waals surface area (Å²) in [6.07, 6.45) is -4.62. The molecule has 0 aliphatic heterocycles. The molecule has 0 unspecified atom stereocenters. The number of alkyl halides is 3. The van der Waals surface area contributed by atoms with Crippen molar-refractivity contribution < 1.29 is 18.0 Å². The van der Waals surface area contributed by atoms with E-state index in [1.807, 2.05) is 0 Å². The minimum Gasteiger partial charge on any atom is -0.324 e. The predicted octanol–water partition coefficient (Wildman–Crippen LogP) is 3.01. The van der Waals surface area contributed by atoms with E-state index in [1.165, 1.54) is 16.7 Å². The number of benzene rings is 2. The lowest BCUT2D eigenvalue weighted by atomic mass is 10.1. The van der Waals surface area contributed by atoms with E-state index in [9.17, 15) is 22.8 Å². The van der Waals surface area contributed by atoms with Crippen molar-refractivity contribution in [3.05, 3.63) is 70.3 Å². The van der Waals surface area contributed by atoms with Crippen LogP contribution in [0, 0.1) is 6.92 Å². The van der Waals surface area contributed by atoms with E-state index in [-0.39, 0.29) is 11.3 Å². The van der Waals surface area contributed by atoms with Gasteiger partial charge >= 0.3 is 6.18 Å². The van der Waals surface area contributed by atoms with Gasteiger partial charge in [-0.25, -0.2) is 0 Å². The Labute approximate surface area is 161 Å². The molecule has 2 aromatic heterocycles. The van der Waals surface area contributed by atoms with Crippen molar-refractivity contribution in [3.8, 4) is 0 Å². The van der Waals surface area contributed by atoms with Gasteiger partial charge in [-0.2, -0.15) is 13.2 Å². The zero-order chi connectivity index (χ0) is 20.8. The molecule has 2 aromatic carbocycles. The monoisotopic (exact) mass is 401 g/mol. The van der Waals surface area contributed by atoms with Crippen molar-refractivity contribution in [1.82, 2.24) is 19.2 Å². The topological polar surface area (TPSA) is 81.3 Å². The summed E-state index contributed by atoms with van der Waals surface area (Å²) in [4.78, 5) is 25.4. The molecule has 29 heavy (non-hydrogen) atoms. The number of anilines is 1. The fourth-order valence-corrected chi connectivity index (χ4v) is 3.23. The van der Waals surface area contributed by atoms with Crippen LogP contribution in [0.5, 0.6) is 0 Å². The van der Waals surface area contributed by atoms with Gasteiger partial charge in [-0.15, -0.1) is 10.2 Å². The number of hydrogen-bond acceptors (Lipinski definition) is 4. The van der Waals surface area contributed by atoms with E-state index in [0.717, 1.165) is 12.1 Å². The molecule has 0 atom stereocenters. The van der Waals surface area contributed by atoms with Crippen LogP contribution in [0.25, 0.3) is 16.7 Å². The van der Waals surface area contributed by atoms with Gasteiger partial charge in [-0.1, -0.05) is 24.3 Å². The Hall–Kier alpha value is -3.69. The van der Waals surface area contributed by atoms with Crippen LogP contribution in [0.4, 0.5) is 18.9 Å². The van der Waals surface area contributed by atoms with Gasteiger partial charge in [-0.05, 0) is 31.2 Å². The van der Waals surface area contributed by atoms with Crippen LogP contribution in [-0.4, -0.2) is 25.1 Å². The molecule has 7 nitrogen and oxygen atoms in total. The third kappa shape index (κ3) is 3.22. The van der Waals surface area contributed by atoms with E-state index in [4.69, 9.17) is 0 Å². The van der Waals surface area contributed by atoms with E-state index in [1.54, 1.807) is 35.6 Å². The Bertz CT molecular complexity index is 1310. The standard InChI is InChI=1S/C19H14F3N5O2/c1-11-24-25-17-18(29)26(14-8-4-5-9-15(14)27(11)17)10-16(28)23-13-7-3-2-6-12(13)19(20,21)22/h2-9H,10H2,1H3,(H,23,28). The fourth-order valence-electron chi connectivity index (χ4n) is 3.23. The lowest BCUT2D eigenvalue weighted by Gasteiger charge is -2.15. The summed E-state index contributed by atoms with van der Waals surface area (Å²) in [5.41, 5.74) is -0.829. The first-order valence-corrected chi connectivity index (χ1v) is 8.56. The van der Waals surface area contributed by atoms with Gasteiger partial charge in [0.05, 0.1) is 22.3 Å². The van der Waals surface area contributed by atoms with Gasteiger partial charge in [0.1, 0.15) is 12.4 Å². The fraction of sp³-hybridized carbons (Fsp3) is 0.158. The Morgan fingerprint density at radius 3 is 2.41 bits per heavy atom. The van der Waals surface area contributed by atoms with Crippen LogP contribution < -0.4 is 10.9 Å². The molecule has 0 saturated heterocycles. The molecule has 0 spiro atoms. The average molecular weight is 401 g/mol. The molecule has 0 fully saturated rings. The van der Waals surface area contributed by atoms with Crippen LogP contribution in [0.2, 0.25) is 0 Å². The molecule has 2 heterocycles. The SMILES string of the molecule is Cc1nnc2c(=O)n(CC(=O)Nc3ccccc3C(F)(F)F)c3ccccc3n12. The summed E-state index contributed by atoms with van der Waals surface area (Å²) >= 11 is 0. The van der Waals surface area contributed by atoms with Crippen LogP contribution in [0.1, 0.15) is 11.4 Å². The summed E-state index contributed by atoms with van der Waals surface area (Å²) in [7, 11) is 0. The van der Waals surface area contributed by atoms with Crippen LogP contribution >= 0.6 is 0 Å². The number of para-hydroxylation sites is 3. The number of fused-ring (bicyclic) bond motifs is 3. The van der Waals surface area contributed by atoms with E-state index in [0.29, 0.717) is 16.9 Å². The highest BCUT2D eigenvalue weighted by atomic mass is 19.4. The minimum atomic E-state index is -4.62. The van der Waals surface area contributed by atoms with Crippen molar-refractivity contribution in [3.63, 3.8) is 0 Å². The van der Waals surface area contributed by atoms with Gasteiger partial charge in [0.2, 0.25) is 11.6 Å². The van der Waals surface area contributed by atoms with Gasteiger partial charge in [0.25, 0.3) is 5.56 Å². The predicted molar refractivity (Wildman–Crippen MR) is 99.6 cm³/mol. The number of aryl methyl sites for hydroxylation is 1. The molecule has 4 rings (SSSR count). The first kappa shape index (κ1) is 18.7. The highest BCUT2D eigenvalue weighted by Gasteiger charge is 2.33. The first-order chi connectivity index (χ1) is 13.8. The normalized spacial score (nSPS) is 11.9. The van der Waals surface area contributed by atoms with Gasteiger partial charge in [0.15, 0.2) is 0 Å². The summed E-state index contributed by atoms with van der Waals surface area (Å²) in [5.74, 6) is -0.265. The molecular weight excluding hydrogens is 387 g/mol. The Morgan fingerprint density at radius 1 is 1.03 bits per heavy atom. The zero-order valence-corrected chi connectivity index (χ0v) is 15.1. The summed E-state index contributed by atoms with van der Waals surface area (Å²) in [6, 6.07) is 11.5. The molecule has 10 heteroatoms. The second-order valence-corrected chi connectivity index (χ2v) is 6.38. The number of carbonyl (C=O) groups excluding carboxylic acids is 1. The lowest BCUT2D eigenvalue weighted by molar-refractivity contribution is -0.137. The van der Waals surface area contributed by atoms with Crippen molar-refractivity contribution >= 4 is 28.3 Å². The molecule has 148 valence electrons. The molecule has 0 aliphatic carbocycles. The molecular formula is C19H14F3N5O2. The van der Waals surface area contributed by atoms with Gasteiger partial charge in [0, 0.05) is 0 Å². The molecule has 1 N–H and O–H groups in total. The highest BCUT2D eigenvalue weighted by Crippen LogP contribution is 2.34. The van der Waals surface area contributed by atoms with Crippen LogP contribution in [0.15, 0.2) is 53.3 Å². The van der Waals surface area contributed by atoms with Crippen molar-refractivity contribution in [2.75, 3.05) is 5.32 Å². The van der Waals surface area contributed by atoms with Gasteiger partial charge in [-0.3, -0.25) is 18.6 Å². The maximum atomic E-state index is 13.2. The van der Waals surface area contributed by atoms with E-state index in [2.05, 4.69) is 15.5 Å². The quantitative estimate of drug-likeness (QED) is 0.572. The van der Waals surface area contributed by atoms with Crippen molar-refractivity contribution in [2.24, 2.45) is 0 Å². The zero-order valence-electron chi connectivity index (χ0n) is 15.1. The summed E-state index contributed by atoms with van der Waals surface area (Å²) < 4.78 is 42.2. The Kier molecular flexibility index (Phi) is 4.33. The number of amides is 1. The molecule has 0 aliphatic rings. The number of aromatic nitrogens is 4. The molecule has 0 bridgehead atoms. The number of nitrogens with one attached hydrogen (secondary N) is 1. The number of hydrogen-bond donors (Lipinski definition) is 1. The Balaban J connectivity index is 1.76. The lowest BCUT2D eigenvalue weighted by Crippen LogP contribution is -2.30. The second kappa shape index (κ2) is 6.73.